The quantitative estimate of drug-likeness (QED) is 0.716. The lowest BCUT2D eigenvalue weighted by Crippen LogP contribution is -2.53. The van der Waals surface area contributed by atoms with Crippen LogP contribution in [0.2, 0.25) is 0 Å². The second kappa shape index (κ2) is 9.79. The number of nitrogens with zero attached hydrogens (tertiary/aromatic N) is 3. The molecule has 0 N–H and O–H groups in total. The number of thiophene rings is 1. The maximum atomic E-state index is 13.2. The maximum Gasteiger partial charge on any atom is 0.264 e. The molecule has 1 aromatic heterocycles. The van der Waals surface area contributed by atoms with Crippen molar-refractivity contribution in [3.05, 3.63) is 21.4 Å². The summed E-state index contributed by atoms with van der Waals surface area (Å²) in [5.74, 6) is 0.508. The first-order valence-corrected chi connectivity index (χ1v) is 12.4. The summed E-state index contributed by atoms with van der Waals surface area (Å²) in [6.07, 6.45) is 4.97. The topological polar surface area (TPSA) is 53.1 Å². The lowest BCUT2D eigenvalue weighted by molar-refractivity contribution is -0.138. The lowest BCUT2D eigenvalue weighted by Gasteiger charge is -2.40. The van der Waals surface area contributed by atoms with Crippen molar-refractivity contribution in [1.29, 1.82) is 0 Å². The van der Waals surface area contributed by atoms with Gasteiger partial charge in [-0.1, -0.05) is 13.8 Å². The van der Waals surface area contributed by atoms with Crippen LogP contribution in [0.3, 0.4) is 0 Å². The zero-order valence-electron chi connectivity index (χ0n) is 18.4. The van der Waals surface area contributed by atoms with Crippen LogP contribution in [-0.4, -0.2) is 85.0 Å². The highest BCUT2D eigenvalue weighted by molar-refractivity contribution is 7.14. The van der Waals surface area contributed by atoms with Crippen molar-refractivity contribution in [3.63, 3.8) is 0 Å². The maximum absolute atomic E-state index is 13.2. The minimum absolute atomic E-state index is 0.0677. The summed E-state index contributed by atoms with van der Waals surface area (Å²) < 4.78 is 5.36. The van der Waals surface area contributed by atoms with Crippen molar-refractivity contribution in [2.45, 2.75) is 52.0 Å². The average molecular weight is 434 g/mol. The fourth-order valence-corrected chi connectivity index (χ4v) is 6.31. The van der Waals surface area contributed by atoms with Gasteiger partial charge in [-0.25, -0.2) is 0 Å². The van der Waals surface area contributed by atoms with Crippen LogP contribution in [0.1, 0.15) is 53.2 Å². The van der Waals surface area contributed by atoms with Gasteiger partial charge in [0.2, 0.25) is 5.91 Å². The smallest absolute Gasteiger partial charge is 0.264 e. The van der Waals surface area contributed by atoms with E-state index in [2.05, 4.69) is 29.7 Å². The molecule has 6 nitrogen and oxygen atoms in total. The highest BCUT2D eigenvalue weighted by atomic mass is 32.1. The molecular formula is C23H35N3O3S. The molecule has 3 heterocycles. The fraction of sp³-hybridized carbons (Fsp3) is 0.739. The molecule has 0 radical (unpaired) electrons. The molecule has 1 unspecified atom stereocenters. The third-order valence-corrected chi connectivity index (χ3v) is 8.25. The Hall–Kier alpha value is -1.44. The van der Waals surface area contributed by atoms with E-state index in [4.69, 9.17) is 4.74 Å². The molecule has 7 heteroatoms. The predicted molar refractivity (Wildman–Crippen MR) is 119 cm³/mol. The first-order valence-electron chi connectivity index (χ1n) is 11.6. The molecule has 166 valence electrons. The highest BCUT2D eigenvalue weighted by Gasteiger charge is 2.33. The Morgan fingerprint density at radius 1 is 1.07 bits per heavy atom. The van der Waals surface area contributed by atoms with E-state index in [9.17, 15) is 9.59 Å². The lowest BCUT2D eigenvalue weighted by atomic mass is 9.87. The zero-order valence-corrected chi connectivity index (χ0v) is 19.2. The van der Waals surface area contributed by atoms with Crippen molar-refractivity contribution in [2.24, 2.45) is 5.92 Å². The number of morpholine rings is 1. The summed E-state index contributed by atoms with van der Waals surface area (Å²) in [6, 6.07) is 2.70. The average Bonchev–Trinajstić information content (AvgIpc) is 3.23. The Morgan fingerprint density at radius 3 is 2.43 bits per heavy atom. The number of carbonyl (C=O) groups excluding carboxylic acids is 2. The summed E-state index contributed by atoms with van der Waals surface area (Å²) in [5.41, 5.74) is 1.22. The van der Waals surface area contributed by atoms with Crippen molar-refractivity contribution in [3.8, 4) is 0 Å². The van der Waals surface area contributed by atoms with Crippen LogP contribution in [0.4, 0.5) is 0 Å². The Morgan fingerprint density at radius 2 is 1.77 bits per heavy atom. The van der Waals surface area contributed by atoms with Gasteiger partial charge < -0.3 is 14.5 Å². The summed E-state index contributed by atoms with van der Waals surface area (Å²) in [5, 5.41) is 0. The van der Waals surface area contributed by atoms with E-state index in [1.807, 2.05) is 4.90 Å². The molecule has 2 fully saturated rings. The number of piperazine rings is 1. The minimum atomic E-state index is 0.0677. The molecule has 4 rings (SSSR count). The molecule has 1 atom stereocenters. The van der Waals surface area contributed by atoms with Crippen molar-refractivity contribution < 1.29 is 14.3 Å². The zero-order chi connectivity index (χ0) is 21.1. The summed E-state index contributed by atoms with van der Waals surface area (Å²) >= 11 is 1.63. The minimum Gasteiger partial charge on any atom is -0.378 e. The summed E-state index contributed by atoms with van der Waals surface area (Å²) in [4.78, 5) is 34.7. The number of amides is 2. The van der Waals surface area contributed by atoms with Crippen molar-refractivity contribution >= 4 is 23.2 Å². The third kappa shape index (κ3) is 4.58. The molecule has 0 saturated carbocycles. The van der Waals surface area contributed by atoms with Gasteiger partial charge in [0.25, 0.3) is 5.91 Å². The number of rotatable bonds is 5. The second-order valence-corrected chi connectivity index (χ2v) is 9.87. The molecular weight excluding hydrogens is 398 g/mol. The van der Waals surface area contributed by atoms with Crippen LogP contribution < -0.4 is 0 Å². The van der Waals surface area contributed by atoms with E-state index >= 15 is 0 Å². The molecule has 2 amide bonds. The van der Waals surface area contributed by atoms with Crippen LogP contribution in [0, 0.1) is 5.92 Å². The van der Waals surface area contributed by atoms with E-state index in [1.165, 1.54) is 23.3 Å². The normalized spacial score (nSPS) is 23.0. The number of fused-ring (bicyclic) bond motifs is 1. The Balaban J connectivity index is 1.34. The molecule has 2 saturated heterocycles. The molecule has 3 aliphatic rings. The molecule has 2 aliphatic heterocycles. The monoisotopic (exact) mass is 433 g/mol. The molecule has 30 heavy (non-hydrogen) atoms. The first kappa shape index (κ1) is 21.8. The first-order chi connectivity index (χ1) is 14.6. The van der Waals surface area contributed by atoms with Crippen molar-refractivity contribution in [1.82, 2.24) is 14.7 Å². The van der Waals surface area contributed by atoms with Gasteiger partial charge in [-0.3, -0.25) is 14.5 Å². The van der Waals surface area contributed by atoms with Crippen LogP contribution in [0.25, 0.3) is 0 Å². The van der Waals surface area contributed by atoms with Gasteiger partial charge in [0.15, 0.2) is 0 Å². The number of hydrogen-bond acceptors (Lipinski definition) is 5. The Kier molecular flexibility index (Phi) is 7.11. The second-order valence-electron chi connectivity index (χ2n) is 8.73. The molecule has 0 aromatic carbocycles. The van der Waals surface area contributed by atoms with Crippen LogP contribution in [0.15, 0.2) is 6.07 Å². The predicted octanol–water partition coefficient (Wildman–Crippen LogP) is 2.66. The summed E-state index contributed by atoms with van der Waals surface area (Å²) in [7, 11) is 0. The number of aryl methyl sites for hydroxylation is 1. The summed E-state index contributed by atoms with van der Waals surface area (Å²) in [6.45, 7) is 10.8. The van der Waals surface area contributed by atoms with Gasteiger partial charge in [-0.05, 0) is 43.7 Å². The molecule has 0 bridgehead atoms. The molecule has 1 aliphatic carbocycles. The van der Waals surface area contributed by atoms with E-state index < -0.39 is 0 Å². The standard InChI is InChI=1S/C23H35N3O3S/c1-3-19(4-2)24-7-9-25(10-8-24)22(27)17-5-6-20-18(15-17)16-21(30-20)23(28)26-11-13-29-14-12-26/h16-17,19H,3-15H2,1-2H3. The van der Waals surface area contributed by atoms with E-state index in [1.54, 1.807) is 11.3 Å². The Labute approximate surface area is 184 Å². The largest absolute Gasteiger partial charge is 0.378 e. The van der Waals surface area contributed by atoms with E-state index in [0.29, 0.717) is 38.3 Å². The third-order valence-electron chi connectivity index (χ3n) is 7.03. The van der Waals surface area contributed by atoms with E-state index in [0.717, 1.165) is 50.3 Å². The van der Waals surface area contributed by atoms with Gasteiger partial charge >= 0.3 is 0 Å². The number of hydrogen-bond donors (Lipinski definition) is 0. The fourth-order valence-electron chi connectivity index (χ4n) is 5.13. The SMILES string of the molecule is CCC(CC)N1CCN(C(=O)C2CCc3sc(C(=O)N4CCOCC4)cc3C2)CC1. The molecule has 1 aromatic rings. The Bertz CT molecular complexity index is 747. The van der Waals surface area contributed by atoms with Gasteiger partial charge in [-0.2, -0.15) is 0 Å². The van der Waals surface area contributed by atoms with Gasteiger partial charge in [-0.15, -0.1) is 11.3 Å². The van der Waals surface area contributed by atoms with Crippen LogP contribution in [-0.2, 0) is 22.4 Å². The number of carbonyl (C=O) groups is 2. The van der Waals surface area contributed by atoms with Gasteiger partial charge in [0.05, 0.1) is 18.1 Å². The molecule has 0 spiro atoms. The van der Waals surface area contributed by atoms with Crippen LogP contribution in [0.5, 0.6) is 0 Å². The van der Waals surface area contributed by atoms with Crippen molar-refractivity contribution in [2.75, 3.05) is 52.5 Å². The highest BCUT2D eigenvalue weighted by Crippen LogP contribution is 2.34. The van der Waals surface area contributed by atoms with Gasteiger partial charge in [0.1, 0.15) is 0 Å². The van der Waals surface area contributed by atoms with Crippen LogP contribution >= 0.6 is 11.3 Å². The van der Waals surface area contributed by atoms with E-state index in [-0.39, 0.29) is 11.8 Å². The van der Waals surface area contributed by atoms with Gasteiger partial charge in [0, 0.05) is 56.1 Å². The number of ether oxygens (including phenoxy) is 1.